The summed E-state index contributed by atoms with van der Waals surface area (Å²) in [6.07, 6.45) is 0. The number of likely N-dealkylation sites (N-methyl/N-ethyl adjacent to an activating group) is 1. The number of ether oxygens (including phenoxy) is 4. The van der Waals surface area contributed by atoms with E-state index in [0.29, 0.717) is 58.5 Å². The predicted molar refractivity (Wildman–Crippen MR) is 96.7 cm³/mol. The predicted octanol–water partition coefficient (Wildman–Crippen LogP) is -1.39. The molecule has 0 aromatic carbocycles. The Morgan fingerprint density at radius 2 is 1.56 bits per heavy atom. The van der Waals surface area contributed by atoms with Crippen molar-refractivity contribution in [2.24, 2.45) is 5.73 Å². The topological polar surface area (TPSA) is 121 Å². The van der Waals surface area contributed by atoms with Gasteiger partial charge in [0.1, 0.15) is 0 Å². The fourth-order valence-electron chi connectivity index (χ4n) is 1.57. The number of hydrogen-bond acceptors (Lipinski definition) is 8. The number of methoxy groups -OCH3 is 1. The van der Waals surface area contributed by atoms with E-state index in [9.17, 15) is 9.59 Å². The van der Waals surface area contributed by atoms with E-state index in [1.165, 1.54) is 11.8 Å². The lowest BCUT2D eigenvalue weighted by Crippen LogP contribution is -2.41. The van der Waals surface area contributed by atoms with Crippen molar-refractivity contribution < 1.29 is 28.5 Å². The van der Waals surface area contributed by atoms with Gasteiger partial charge in [0.15, 0.2) is 0 Å². The third-order valence-electron chi connectivity index (χ3n) is 2.95. The van der Waals surface area contributed by atoms with Gasteiger partial charge in [-0.15, -0.1) is 11.8 Å². The molecule has 1 atom stereocenters. The van der Waals surface area contributed by atoms with Gasteiger partial charge in [0.05, 0.1) is 58.0 Å². The molecule has 0 aliphatic rings. The lowest BCUT2D eigenvalue weighted by atomic mass is 10.3. The minimum absolute atomic E-state index is 0.0996. The summed E-state index contributed by atoms with van der Waals surface area (Å²) in [6, 6.07) is -0.425. The second-order valence-corrected chi connectivity index (χ2v) is 5.97. The molecule has 25 heavy (non-hydrogen) atoms. The van der Waals surface area contributed by atoms with Crippen LogP contribution in [0.4, 0.5) is 0 Å². The SMILES string of the molecule is CN[C@@H](CSCC(=O)NCCOCCOCCOCCOC)C(N)=O. The van der Waals surface area contributed by atoms with Crippen LogP contribution in [0.15, 0.2) is 0 Å². The molecule has 0 heterocycles. The zero-order valence-corrected chi connectivity index (χ0v) is 15.9. The van der Waals surface area contributed by atoms with Crippen LogP contribution < -0.4 is 16.4 Å². The first-order valence-electron chi connectivity index (χ1n) is 8.15. The van der Waals surface area contributed by atoms with Crippen molar-refractivity contribution in [1.29, 1.82) is 0 Å². The molecule has 0 spiro atoms. The lowest BCUT2D eigenvalue weighted by Gasteiger charge is -2.11. The minimum atomic E-state index is -0.425. The van der Waals surface area contributed by atoms with Gasteiger partial charge in [-0.3, -0.25) is 9.59 Å². The van der Waals surface area contributed by atoms with Gasteiger partial charge in [-0.2, -0.15) is 0 Å². The summed E-state index contributed by atoms with van der Waals surface area (Å²) in [5.41, 5.74) is 5.19. The van der Waals surface area contributed by atoms with Crippen molar-refractivity contribution in [3.63, 3.8) is 0 Å². The molecule has 0 aromatic rings. The van der Waals surface area contributed by atoms with E-state index in [-0.39, 0.29) is 11.7 Å². The van der Waals surface area contributed by atoms with Crippen molar-refractivity contribution in [2.45, 2.75) is 6.04 Å². The van der Waals surface area contributed by atoms with Crippen molar-refractivity contribution >= 4 is 23.6 Å². The van der Waals surface area contributed by atoms with Crippen molar-refractivity contribution in [2.75, 3.05) is 78.5 Å². The molecule has 0 aliphatic heterocycles. The molecule has 148 valence electrons. The summed E-state index contributed by atoms with van der Waals surface area (Å²) in [6.45, 7) is 3.98. The maximum Gasteiger partial charge on any atom is 0.235 e. The Bertz CT molecular complexity index is 349. The first-order valence-corrected chi connectivity index (χ1v) is 9.30. The Balaban J connectivity index is 3.31. The third-order valence-corrected chi connectivity index (χ3v) is 3.99. The molecule has 0 saturated heterocycles. The van der Waals surface area contributed by atoms with Crippen molar-refractivity contribution in [3.8, 4) is 0 Å². The molecule has 2 amide bonds. The molecule has 0 radical (unpaired) electrons. The monoisotopic (exact) mass is 381 g/mol. The summed E-state index contributed by atoms with van der Waals surface area (Å²) >= 11 is 1.35. The van der Waals surface area contributed by atoms with Gasteiger partial charge >= 0.3 is 0 Å². The van der Waals surface area contributed by atoms with Gasteiger partial charge in [-0.1, -0.05) is 0 Å². The second kappa shape index (κ2) is 17.9. The molecule has 0 unspecified atom stereocenters. The fraction of sp³-hybridized carbons (Fsp3) is 0.867. The first-order chi connectivity index (χ1) is 12.1. The number of nitrogens with two attached hydrogens (primary N) is 1. The van der Waals surface area contributed by atoms with Crippen LogP contribution in [0, 0.1) is 0 Å². The Morgan fingerprint density at radius 3 is 2.08 bits per heavy atom. The summed E-state index contributed by atoms with van der Waals surface area (Å²) < 4.78 is 20.8. The van der Waals surface area contributed by atoms with E-state index in [1.54, 1.807) is 14.2 Å². The molecule has 0 fully saturated rings. The number of hydrogen-bond donors (Lipinski definition) is 3. The van der Waals surface area contributed by atoms with Crippen molar-refractivity contribution in [1.82, 2.24) is 10.6 Å². The van der Waals surface area contributed by atoms with Crippen LogP contribution in [0.2, 0.25) is 0 Å². The van der Waals surface area contributed by atoms with E-state index in [4.69, 9.17) is 24.7 Å². The van der Waals surface area contributed by atoms with E-state index in [1.807, 2.05) is 0 Å². The number of carbonyl (C=O) groups excluding carboxylic acids is 2. The number of thioether (sulfide) groups is 1. The maximum absolute atomic E-state index is 11.6. The van der Waals surface area contributed by atoms with E-state index in [2.05, 4.69) is 10.6 Å². The molecule has 4 N–H and O–H groups in total. The second-order valence-electron chi connectivity index (χ2n) is 4.94. The normalized spacial score (nSPS) is 12.1. The maximum atomic E-state index is 11.6. The fourth-order valence-corrected chi connectivity index (χ4v) is 2.55. The van der Waals surface area contributed by atoms with Gasteiger partial charge in [0.2, 0.25) is 11.8 Å². The van der Waals surface area contributed by atoms with Gasteiger partial charge < -0.3 is 35.3 Å². The molecule has 0 aromatic heterocycles. The lowest BCUT2D eigenvalue weighted by molar-refractivity contribution is -0.120. The van der Waals surface area contributed by atoms with Crippen molar-refractivity contribution in [3.05, 3.63) is 0 Å². The van der Waals surface area contributed by atoms with Crippen LogP contribution in [-0.4, -0.2) is 96.3 Å². The van der Waals surface area contributed by atoms with Gasteiger partial charge in [-0.25, -0.2) is 0 Å². The summed E-state index contributed by atoms with van der Waals surface area (Å²) in [4.78, 5) is 22.6. The first kappa shape index (κ1) is 24.1. The molecular formula is C15H31N3O6S. The zero-order valence-electron chi connectivity index (χ0n) is 15.1. The average Bonchev–Trinajstić information content (AvgIpc) is 2.59. The van der Waals surface area contributed by atoms with E-state index in [0.717, 1.165) is 0 Å². The number of amides is 2. The molecule has 0 rings (SSSR count). The number of primary amides is 1. The highest BCUT2D eigenvalue weighted by Crippen LogP contribution is 2.02. The summed E-state index contributed by atoms with van der Waals surface area (Å²) in [5, 5.41) is 5.54. The molecule has 9 nitrogen and oxygen atoms in total. The number of carbonyl (C=O) groups is 2. The quantitative estimate of drug-likeness (QED) is 0.248. The highest BCUT2D eigenvalue weighted by Gasteiger charge is 2.13. The largest absolute Gasteiger partial charge is 0.382 e. The summed E-state index contributed by atoms with van der Waals surface area (Å²) in [7, 11) is 3.28. The Labute approximate surface area is 153 Å². The molecule has 0 saturated carbocycles. The van der Waals surface area contributed by atoms with E-state index < -0.39 is 11.9 Å². The van der Waals surface area contributed by atoms with Crippen LogP contribution in [-0.2, 0) is 28.5 Å². The van der Waals surface area contributed by atoms with Gasteiger partial charge in [0, 0.05) is 19.4 Å². The third kappa shape index (κ3) is 16.3. The van der Waals surface area contributed by atoms with Crippen LogP contribution >= 0.6 is 11.8 Å². The Morgan fingerprint density at radius 1 is 1.00 bits per heavy atom. The average molecular weight is 381 g/mol. The highest BCUT2D eigenvalue weighted by atomic mass is 32.2. The number of rotatable bonds is 18. The number of nitrogens with one attached hydrogen (secondary N) is 2. The smallest absolute Gasteiger partial charge is 0.235 e. The van der Waals surface area contributed by atoms with E-state index >= 15 is 0 Å². The Kier molecular flexibility index (Phi) is 17.2. The van der Waals surface area contributed by atoms with Crippen LogP contribution in [0.3, 0.4) is 0 Å². The molecule has 10 heteroatoms. The van der Waals surface area contributed by atoms with Crippen LogP contribution in [0.25, 0.3) is 0 Å². The Hall–Kier alpha value is -0.910. The standard InChI is InChI=1S/C15H31N3O6S/c1-17-13(15(16)20)11-25-12-14(19)18-3-4-22-7-8-24-10-9-23-6-5-21-2/h13,17H,3-12H2,1-2H3,(H2,16,20)(H,18,19)/t13-/m0/s1. The van der Waals surface area contributed by atoms with Gasteiger partial charge in [0.25, 0.3) is 0 Å². The minimum Gasteiger partial charge on any atom is -0.382 e. The molecule has 0 bridgehead atoms. The zero-order chi connectivity index (χ0) is 18.8. The van der Waals surface area contributed by atoms with Crippen LogP contribution in [0.1, 0.15) is 0 Å². The van der Waals surface area contributed by atoms with Crippen LogP contribution in [0.5, 0.6) is 0 Å². The molecular weight excluding hydrogens is 350 g/mol. The van der Waals surface area contributed by atoms with Gasteiger partial charge in [-0.05, 0) is 7.05 Å². The molecule has 0 aliphatic carbocycles. The highest BCUT2D eigenvalue weighted by molar-refractivity contribution is 8.00. The summed E-state index contributed by atoms with van der Waals surface area (Å²) in [5.74, 6) is 0.213.